The Balaban J connectivity index is 0.00000220. The summed E-state index contributed by atoms with van der Waals surface area (Å²) in [5.74, 6) is 0.916. The van der Waals surface area contributed by atoms with Gasteiger partial charge in [-0.15, -0.1) is 24.8 Å². The summed E-state index contributed by atoms with van der Waals surface area (Å²) in [6, 6.07) is 4.81. The van der Waals surface area contributed by atoms with Crippen molar-refractivity contribution in [3.05, 3.63) is 26.6 Å². The van der Waals surface area contributed by atoms with E-state index in [9.17, 15) is 0 Å². The van der Waals surface area contributed by atoms with Crippen LogP contribution in [0.5, 0.6) is 5.75 Å². The van der Waals surface area contributed by atoms with E-state index in [4.69, 9.17) is 4.74 Å². The van der Waals surface area contributed by atoms with Crippen molar-refractivity contribution >= 4 is 56.7 Å². The molecule has 0 amide bonds. The maximum atomic E-state index is 5.48. The molecule has 1 fully saturated rings. The average Bonchev–Trinajstić information content (AvgIpc) is 2.86. The number of hydrogen-bond donors (Lipinski definition) is 1. The number of hydrogen-bond acceptors (Lipinski definition) is 3. The fourth-order valence-electron chi connectivity index (χ4n) is 2.89. The molecule has 0 bridgehead atoms. The van der Waals surface area contributed by atoms with Crippen molar-refractivity contribution < 1.29 is 4.74 Å². The highest BCUT2D eigenvalue weighted by Crippen LogP contribution is 2.32. The van der Waals surface area contributed by atoms with Crippen molar-refractivity contribution in [2.24, 2.45) is 0 Å². The van der Waals surface area contributed by atoms with E-state index in [-0.39, 0.29) is 24.8 Å². The summed E-state index contributed by atoms with van der Waals surface area (Å²) in [6.45, 7) is 6.51. The predicted octanol–water partition coefficient (Wildman–Crippen LogP) is 4.64. The summed E-state index contributed by atoms with van der Waals surface area (Å²) in [5.41, 5.74) is 1.18. The van der Waals surface area contributed by atoms with E-state index in [2.05, 4.69) is 55.1 Å². The second-order valence-corrected chi connectivity index (χ2v) is 6.91. The van der Waals surface area contributed by atoms with Gasteiger partial charge in [-0.25, -0.2) is 0 Å². The van der Waals surface area contributed by atoms with E-state index < -0.39 is 0 Å². The largest absolute Gasteiger partial charge is 0.495 e. The molecule has 1 heterocycles. The topological polar surface area (TPSA) is 24.5 Å². The van der Waals surface area contributed by atoms with Crippen molar-refractivity contribution in [3.63, 3.8) is 0 Å². The highest BCUT2D eigenvalue weighted by atomic mass is 79.9. The second kappa shape index (κ2) is 11.1. The highest BCUT2D eigenvalue weighted by Gasteiger charge is 2.22. The lowest BCUT2D eigenvalue weighted by atomic mass is 10.2. The van der Waals surface area contributed by atoms with Gasteiger partial charge in [-0.2, -0.15) is 0 Å². The maximum Gasteiger partial charge on any atom is 0.137 e. The van der Waals surface area contributed by atoms with Crippen LogP contribution in [0.25, 0.3) is 0 Å². The zero-order valence-electron chi connectivity index (χ0n) is 12.9. The first-order valence-electron chi connectivity index (χ1n) is 7.12. The van der Waals surface area contributed by atoms with Crippen molar-refractivity contribution in [1.29, 1.82) is 0 Å². The third-order valence-corrected chi connectivity index (χ3v) is 4.94. The summed E-state index contributed by atoms with van der Waals surface area (Å²) in [4.78, 5) is 2.56. The van der Waals surface area contributed by atoms with Crippen LogP contribution in [0.3, 0.4) is 0 Å². The summed E-state index contributed by atoms with van der Waals surface area (Å²) >= 11 is 7.08. The molecule has 3 nitrogen and oxygen atoms in total. The number of halogens is 4. The first-order valence-corrected chi connectivity index (χ1v) is 8.71. The normalized spacial score (nSPS) is 17.7. The molecule has 0 aliphatic carbocycles. The number of methoxy groups -OCH3 is 1. The molecule has 0 spiro atoms. The number of likely N-dealkylation sites (tertiary alicyclic amines) is 1. The highest BCUT2D eigenvalue weighted by molar-refractivity contribution is 9.11. The fourth-order valence-corrected chi connectivity index (χ4v) is 4.37. The molecule has 1 saturated heterocycles. The molecule has 1 aromatic carbocycles. The SMILES string of the molecule is CCN1CCCC1CNCc1cc(Br)cc(Br)c1OC.Cl.Cl. The van der Waals surface area contributed by atoms with Crippen LogP contribution in [-0.4, -0.2) is 37.7 Å². The first kappa shape index (κ1) is 22.5. The van der Waals surface area contributed by atoms with Gasteiger partial charge in [0.1, 0.15) is 5.75 Å². The van der Waals surface area contributed by atoms with E-state index >= 15 is 0 Å². The lowest BCUT2D eigenvalue weighted by molar-refractivity contribution is 0.259. The Hall–Kier alpha value is 0.480. The number of nitrogens with zero attached hydrogens (tertiary/aromatic N) is 1. The molecule has 0 radical (unpaired) electrons. The second-order valence-electron chi connectivity index (χ2n) is 5.14. The van der Waals surface area contributed by atoms with Gasteiger partial charge in [0.2, 0.25) is 0 Å². The molecular formula is C15H24Br2Cl2N2O. The van der Waals surface area contributed by atoms with Crippen LogP contribution in [0.15, 0.2) is 21.1 Å². The van der Waals surface area contributed by atoms with Crippen LogP contribution in [0.2, 0.25) is 0 Å². The molecular weight excluding hydrogens is 455 g/mol. The number of nitrogens with one attached hydrogen (secondary N) is 1. The Labute approximate surface area is 162 Å². The van der Waals surface area contributed by atoms with Gasteiger partial charge in [-0.1, -0.05) is 22.9 Å². The van der Waals surface area contributed by atoms with Crippen LogP contribution in [0.4, 0.5) is 0 Å². The number of likely N-dealkylation sites (N-methyl/N-ethyl adjacent to an activating group) is 1. The van der Waals surface area contributed by atoms with Gasteiger partial charge in [-0.3, -0.25) is 4.90 Å². The van der Waals surface area contributed by atoms with Crippen molar-refractivity contribution in [2.45, 2.75) is 32.4 Å². The average molecular weight is 479 g/mol. The molecule has 1 aromatic rings. The van der Waals surface area contributed by atoms with Gasteiger partial charge < -0.3 is 10.1 Å². The lowest BCUT2D eigenvalue weighted by Gasteiger charge is -2.23. The monoisotopic (exact) mass is 476 g/mol. The van der Waals surface area contributed by atoms with E-state index in [0.717, 1.165) is 34.3 Å². The summed E-state index contributed by atoms with van der Waals surface area (Å²) in [6.07, 6.45) is 2.63. The van der Waals surface area contributed by atoms with E-state index in [1.165, 1.54) is 24.9 Å². The smallest absolute Gasteiger partial charge is 0.137 e. The Morgan fingerprint density at radius 1 is 1.32 bits per heavy atom. The van der Waals surface area contributed by atoms with Crippen molar-refractivity contribution in [3.8, 4) is 5.75 Å². The molecule has 22 heavy (non-hydrogen) atoms. The molecule has 128 valence electrons. The van der Waals surface area contributed by atoms with Gasteiger partial charge in [0.15, 0.2) is 0 Å². The minimum Gasteiger partial charge on any atom is -0.495 e. The quantitative estimate of drug-likeness (QED) is 0.644. The number of benzene rings is 1. The van der Waals surface area contributed by atoms with Gasteiger partial charge in [0, 0.05) is 29.2 Å². The zero-order valence-corrected chi connectivity index (χ0v) is 17.7. The Kier molecular flexibility index (Phi) is 11.3. The molecule has 1 atom stereocenters. The van der Waals surface area contributed by atoms with Crippen LogP contribution in [-0.2, 0) is 6.54 Å². The van der Waals surface area contributed by atoms with Gasteiger partial charge in [-0.05, 0) is 54.0 Å². The van der Waals surface area contributed by atoms with E-state index in [0.29, 0.717) is 6.04 Å². The number of rotatable bonds is 6. The van der Waals surface area contributed by atoms with Crippen LogP contribution in [0.1, 0.15) is 25.3 Å². The minimum absolute atomic E-state index is 0. The Morgan fingerprint density at radius 2 is 2.05 bits per heavy atom. The third-order valence-electron chi connectivity index (χ3n) is 3.89. The van der Waals surface area contributed by atoms with Crippen LogP contribution >= 0.6 is 56.7 Å². The Bertz CT molecular complexity index is 463. The number of ether oxygens (including phenoxy) is 1. The first-order chi connectivity index (χ1) is 9.65. The minimum atomic E-state index is 0. The zero-order chi connectivity index (χ0) is 14.5. The molecule has 1 aliphatic rings. The molecule has 0 saturated carbocycles. The Morgan fingerprint density at radius 3 is 2.68 bits per heavy atom. The fraction of sp³-hybridized carbons (Fsp3) is 0.600. The van der Waals surface area contributed by atoms with Gasteiger partial charge in [0.05, 0.1) is 11.6 Å². The van der Waals surface area contributed by atoms with E-state index in [1.807, 2.05) is 6.07 Å². The van der Waals surface area contributed by atoms with Crippen LogP contribution < -0.4 is 10.1 Å². The summed E-state index contributed by atoms with van der Waals surface area (Å²) in [5, 5.41) is 3.57. The van der Waals surface area contributed by atoms with Gasteiger partial charge in [0.25, 0.3) is 0 Å². The molecule has 1 N–H and O–H groups in total. The lowest BCUT2D eigenvalue weighted by Crippen LogP contribution is -2.37. The van der Waals surface area contributed by atoms with E-state index in [1.54, 1.807) is 7.11 Å². The van der Waals surface area contributed by atoms with Gasteiger partial charge >= 0.3 is 0 Å². The molecule has 0 aromatic heterocycles. The standard InChI is InChI=1S/C15H22Br2N2O.2ClH/c1-3-19-6-4-5-13(19)10-18-9-11-7-12(16)8-14(17)15(11)20-2;;/h7-8,13,18H,3-6,9-10H2,1-2H3;2*1H. The molecule has 1 aliphatic heterocycles. The van der Waals surface area contributed by atoms with Crippen molar-refractivity contribution in [2.75, 3.05) is 26.7 Å². The van der Waals surface area contributed by atoms with Crippen molar-refractivity contribution in [1.82, 2.24) is 10.2 Å². The summed E-state index contributed by atoms with van der Waals surface area (Å²) < 4.78 is 7.53. The molecule has 2 rings (SSSR count). The summed E-state index contributed by atoms with van der Waals surface area (Å²) in [7, 11) is 1.72. The molecule has 7 heteroatoms. The third kappa shape index (κ3) is 5.84. The molecule has 1 unspecified atom stereocenters. The predicted molar refractivity (Wildman–Crippen MR) is 105 cm³/mol. The maximum absolute atomic E-state index is 5.48. The van der Waals surface area contributed by atoms with Crippen LogP contribution in [0, 0.1) is 0 Å².